The molecule has 2 unspecified atom stereocenters. The van der Waals surface area contributed by atoms with Crippen molar-refractivity contribution in [2.24, 2.45) is 5.73 Å². The fourth-order valence-electron chi connectivity index (χ4n) is 1.88. The molecule has 1 aliphatic heterocycles. The standard InChI is InChI=1S/C11H19N3OS2/c1-2-8-10(17-7-6-16-8)11-13-9(15-14-11)4-3-5-12/h8,10H,2-7,12H2,1H3. The minimum Gasteiger partial charge on any atom is -0.339 e. The lowest BCUT2D eigenvalue weighted by atomic mass is 10.2. The van der Waals surface area contributed by atoms with Crippen LogP contribution in [0.5, 0.6) is 0 Å². The van der Waals surface area contributed by atoms with Crippen LogP contribution < -0.4 is 5.73 Å². The van der Waals surface area contributed by atoms with Gasteiger partial charge in [0.25, 0.3) is 0 Å². The maximum absolute atomic E-state index is 5.47. The van der Waals surface area contributed by atoms with Crippen LogP contribution in [0.4, 0.5) is 0 Å². The number of hydrogen-bond donors (Lipinski definition) is 1. The quantitative estimate of drug-likeness (QED) is 0.887. The highest BCUT2D eigenvalue weighted by Gasteiger charge is 2.30. The molecule has 1 saturated heterocycles. The van der Waals surface area contributed by atoms with Crippen molar-refractivity contribution >= 4 is 23.5 Å². The Kier molecular flexibility index (Phi) is 5.18. The third-order valence-corrected chi connectivity index (χ3v) is 6.03. The third kappa shape index (κ3) is 3.39. The predicted molar refractivity (Wildman–Crippen MR) is 73.4 cm³/mol. The topological polar surface area (TPSA) is 64.9 Å². The molecule has 0 aromatic carbocycles. The summed E-state index contributed by atoms with van der Waals surface area (Å²) in [5.74, 6) is 4.02. The van der Waals surface area contributed by atoms with E-state index in [4.69, 9.17) is 10.3 Å². The molecule has 6 heteroatoms. The molecule has 0 radical (unpaired) electrons. The SMILES string of the molecule is CCC1SCCSC1c1noc(CCCN)n1. The van der Waals surface area contributed by atoms with Gasteiger partial charge in [0.1, 0.15) is 0 Å². The first-order chi connectivity index (χ1) is 8.35. The predicted octanol–water partition coefficient (Wildman–Crippen LogP) is 2.26. The van der Waals surface area contributed by atoms with Gasteiger partial charge < -0.3 is 10.3 Å². The molecule has 4 nitrogen and oxygen atoms in total. The van der Waals surface area contributed by atoms with Gasteiger partial charge in [-0.15, -0.1) is 11.8 Å². The number of nitrogens with two attached hydrogens (primary N) is 1. The molecule has 0 bridgehead atoms. The average molecular weight is 273 g/mol. The van der Waals surface area contributed by atoms with Crippen molar-refractivity contribution in [3.63, 3.8) is 0 Å². The zero-order valence-electron chi connectivity index (χ0n) is 10.1. The molecule has 1 aromatic heterocycles. The van der Waals surface area contributed by atoms with E-state index in [2.05, 4.69) is 17.1 Å². The lowest BCUT2D eigenvalue weighted by Crippen LogP contribution is -2.19. The van der Waals surface area contributed by atoms with Gasteiger partial charge in [0.15, 0.2) is 5.82 Å². The molecule has 0 saturated carbocycles. The van der Waals surface area contributed by atoms with E-state index in [9.17, 15) is 0 Å². The highest BCUT2D eigenvalue weighted by molar-refractivity contribution is 8.06. The number of aromatic nitrogens is 2. The van der Waals surface area contributed by atoms with Crippen molar-refractivity contribution in [1.29, 1.82) is 0 Å². The van der Waals surface area contributed by atoms with Crippen molar-refractivity contribution in [2.75, 3.05) is 18.1 Å². The summed E-state index contributed by atoms with van der Waals surface area (Å²) in [4.78, 5) is 4.50. The number of hydrogen-bond acceptors (Lipinski definition) is 6. The van der Waals surface area contributed by atoms with Crippen molar-refractivity contribution in [3.8, 4) is 0 Å². The molecule has 2 N–H and O–H groups in total. The van der Waals surface area contributed by atoms with Gasteiger partial charge >= 0.3 is 0 Å². The van der Waals surface area contributed by atoms with E-state index in [-0.39, 0.29) is 0 Å². The first-order valence-corrected chi connectivity index (χ1v) is 8.20. The minimum atomic E-state index is 0.397. The Balaban J connectivity index is 2.02. The van der Waals surface area contributed by atoms with Crippen molar-refractivity contribution in [3.05, 3.63) is 11.7 Å². The van der Waals surface area contributed by atoms with E-state index in [0.717, 1.165) is 31.0 Å². The van der Waals surface area contributed by atoms with Crippen LogP contribution in [0.1, 0.15) is 36.7 Å². The summed E-state index contributed by atoms with van der Waals surface area (Å²) in [6, 6.07) is 0. The van der Waals surface area contributed by atoms with Crippen LogP contribution in [0.15, 0.2) is 4.52 Å². The van der Waals surface area contributed by atoms with Gasteiger partial charge in [-0.2, -0.15) is 16.7 Å². The summed E-state index contributed by atoms with van der Waals surface area (Å²) in [5.41, 5.74) is 5.47. The Labute approximate surface area is 110 Å². The highest BCUT2D eigenvalue weighted by Crippen LogP contribution is 2.42. The number of rotatable bonds is 5. The second kappa shape index (κ2) is 6.66. The third-order valence-electron chi connectivity index (χ3n) is 2.79. The van der Waals surface area contributed by atoms with E-state index in [1.54, 1.807) is 0 Å². The Hall–Kier alpha value is -0.200. The lowest BCUT2D eigenvalue weighted by molar-refractivity contribution is 0.370. The molecule has 2 atom stereocenters. The smallest absolute Gasteiger partial charge is 0.226 e. The van der Waals surface area contributed by atoms with E-state index >= 15 is 0 Å². The van der Waals surface area contributed by atoms with Gasteiger partial charge in [0.2, 0.25) is 5.89 Å². The second-order valence-electron chi connectivity index (χ2n) is 4.05. The van der Waals surface area contributed by atoms with Crippen LogP contribution in [0.2, 0.25) is 0 Å². The van der Waals surface area contributed by atoms with Crippen LogP contribution in [0.3, 0.4) is 0 Å². The molecule has 96 valence electrons. The highest BCUT2D eigenvalue weighted by atomic mass is 32.2. The summed E-state index contributed by atoms with van der Waals surface area (Å²) in [7, 11) is 0. The Morgan fingerprint density at radius 2 is 2.24 bits per heavy atom. The van der Waals surface area contributed by atoms with Crippen molar-refractivity contribution < 1.29 is 4.52 Å². The fraction of sp³-hybridized carbons (Fsp3) is 0.818. The van der Waals surface area contributed by atoms with E-state index in [0.29, 0.717) is 17.0 Å². The summed E-state index contributed by atoms with van der Waals surface area (Å²) < 4.78 is 5.27. The zero-order valence-corrected chi connectivity index (χ0v) is 11.7. The molecule has 1 aliphatic rings. The van der Waals surface area contributed by atoms with Crippen molar-refractivity contribution in [1.82, 2.24) is 10.1 Å². The first kappa shape index (κ1) is 13.2. The fourth-order valence-corrected chi connectivity index (χ4v) is 4.86. The maximum atomic E-state index is 5.47. The second-order valence-corrected chi connectivity index (χ2v) is 6.64. The molecule has 17 heavy (non-hydrogen) atoms. The summed E-state index contributed by atoms with van der Waals surface area (Å²) in [6.07, 6.45) is 2.87. The molecular weight excluding hydrogens is 254 g/mol. The molecule has 2 rings (SSSR count). The minimum absolute atomic E-state index is 0.397. The van der Waals surface area contributed by atoms with Crippen LogP contribution in [0, 0.1) is 0 Å². The van der Waals surface area contributed by atoms with Crippen LogP contribution >= 0.6 is 23.5 Å². The van der Waals surface area contributed by atoms with Gasteiger partial charge in [-0.3, -0.25) is 0 Å². The average Bonchev–Trinajstić information content (AvgIpc) is 2.85. The summed E-state index contributed by atoms with van der Waals surface area (Å²) in [5, 5.41) is 5.15. The number of thioether (sulfide) groups is 2. The van der Waals surface area contributed by atoms with Gasteiger partial charge in [-0.1, -0.05) is 12.1 Å². The zero-order chi connectivity index (χ0) is 12.1. The van der Waals surface area contributed by atoms with Crippen LogP contribution in [-0.2, 0) is 6.42 Å². The lowest BCUT2D eigenvalue weighted by Gasteiger charge is -2.27. The summed E-state index contributed by atoms with van der Waals surface area (Å²) in [6.45, 7) is 2.90. The molecule has 0 spiro atoms. The van der Waals surface area contributed by atoms with E-state index in [1.807, 2.05) is 23.5 Å². The Bertz CT molecular complexity index is 345. The van der Waals surface area contributed by atoms with E-state index in [1.165, 1.54) is 11.5 Å². The van der Waals surface area contributed by atoms with E-state index < -0.39 is 0 Å². The molecule has 2 heterocycles. The molecule has 1 aromatic rings. The molecule has 0 aliphatic carbocycles. The monoisotopic (exact) mass is 273 g/mol. The Morgan fingerprint density at radius 1 is 1.41 bits per heavy atom. The molecule has 1 fully saturated rings. The molecular formula is C11H19N3OS2. The van der Waals surface area contributed by atoms with Crippen LogP contribution in [0.25, 0.3) is 0 Å². The number of nitrogens with zero attached hydrogens (tertiary/aromatic N) is 2. The maximum Gasteiger partial charge on any atom is 0.226 e. The largest absolute Gasteiger partial charge is 0.339 e. The van der Waals surface area contributed by atoms with Crippen molar-refractivity contribution in [2.45, 2.75) is 36.7 Å². The normalized spacial score (nSPS) is 25.1. The van der Waals surface area contributed by atoms with Gasteiger partial charge in [-0.05, 0) is 19.4 Å². The van der Waals surface area contributed by atoms with Gasteiger partial charge in [0, 0.05) is 23.2 Å². The number of aryl methyl sites for hydroxylation is 1. The Morgan fingerprint density at radius 3 is 3.00 bits per heavy atom. The molecule has 0 amide bonds. The summed E-state index contributed by atoms with van der Waals surface area (Å²) >= 11 is 3.99. The first-order valence-electron chi connectivity index (χ1n) is 6.11. The van der Waals surface area contributed by atoms with Gasteiger partial charge in [0.05, 0.1) is 5.25 Å². The van der Waals surface area contributed by atoms with Gasteiger partial charge in [-0.25, -0.2) is 0 Å². The van der Waals surface area contributed by atoms with Crippen LogP contribution in [-0.4, -0.2) is 33.4 Å².